The number of hydrogen-bond acceptors (Lipinski definition) is 3. The van der Waals surface area contributed by atoms with Gasteiger partial charge in [-0.1, -0.05) is 18.2 Å². The van der Waals surface area contributed by atoms with E-state index >= 15 is 0 Å². The van der Waals surface area contributed by atoms with Crippen LogP contribution >= 0.6 is 11.6 Å². The summed E-state index contributed by atoms with van der Waals surface area (Å²) >= 11 is 5.83. The third-order valence-electron chi connectivity index (χ3n) is 5.01. The lowest BCUT2D eigenvalue weighted by molar-refractivity contribution is -0.130. The lowest BCUT2D eigenvalue weighted by atomic mass is 10.0. The molecule has 6 heteroatoms. The van der Waals surface area contributed by atoms with Gasteiger partial charge in [-0.2, -0.15) is 0 Å². The summed E-state index contributed by atoms with van der Waals surface area (Å²) in [7, 11) is 0. The first-order valence-corrected chi connectivity index (χ1v) is 8.99. The maximum absolute atomic E-state index is 12.4. The smallest absolute Gasteiger partial charge is 0.243 e. The van der Waals surface area contributed by atoms with E-state index in [1.165, 1.54) is 6.08 Å². The Morgan fingerprint density at radius 3 is 2.72 bits per heavy atom. The molecule has 1 spiro atoms. The van der Waals surface area contributed by atoms with E-state index in [1.807, 2.05) is 17.0 Å². The summed E-state index contributed by atoms with van der Waals surface area (Å²) in [6.07, 6.45) is 4.53. The Bertz CT molecular complexity index is 655. The molecule has 1 N–H and O–H groups in total. The lowest BCUT2D eigenvalue weighted by Gasteiger charge is -2.17. The first-order valence-electron chi connectivity index (χ1n) is 8.61. The summed E-state index contributed by atoms with van der Waals surface area (Å²) in [4.78, 5) is 25.9. The summed E-state index contributed by atoms with van der Waals surface area (Å²) in [6, 6.07) is 7.23. The maximum atomic E-state index is 12.4. The minimum atomic E-state index is -0.165. The Morgan fingerprint density at radius 2 is 2.08 bits per heavy atom. The van der Waals surface area contributed by atoms with E-state index in [2.05, 4.69) is 11.9 Å². The molecule has 0 radical (unpaired) electrons. The molecule has 0 aromatic heterocycles. The second-order valence-electron chi connectivity index (χ2n) is 6.81. The number of carbonyl (C=O) groups excluding carboxylic acids is 2. The summed E-state index contributed by atoms with van der Waals surface area (Å²) in [6.45, 7) is 5.32. The number of carbonyl (C=O) groups is 2. The van der Waals surface area contributed by atoms with Crippen molar-refractivity contribution >= 4 is 23.4 Å². The lowest BCUT2D eigenvalue weighted by Crippen LogP contribution is -2.41. The highest BCUT2D eigenvalue weighted by atomic mass is 35.5. The molecule has 1 saturated heterocycles. The van der Waals surface area contributed by atoms with Crippen molar-refractivity contribution in [1.82, 2.24) is 10.2 Å². The van der Waals surface area contributed by atoms with Crippen LogP contribution in [0.2, 0.25) is 5.02 Å². The van der Waals surface area contributed by atoms with Crippen molar-refractivity contribution in [2.45, 2.75) is 31.7 Å². The number of rotatable bonds is 7. The summed E-state index contributed by atoms with van der Waals surface area (Å²) in [5, 5.41) is 3.64. The van der Waals surface area contributed by atoms with Gasteiger partial charge in [-0.05, 0) is 49.6 Å². The molecule has 1 aliphatic carbocycles. The minimum absolute atomic E-state index is 0.0484. The predicted molar refractivity (Wildman–Crippen MR) is 96.6 cm³/mol. The molecule has 0 bridgehead atoms. The number of nitrogens with zero attached hydrogens (tertiary/aromatic N) is 1. The van der Waals surface area contributed by atoms with Crippen LogP contribution in [0.15, 0.2) is 36.9 Å². The fourth-order valence-electron chi connectivity index (χ4n) is 3.36. The fourth-order valence-corrected chi connectivity index (χ4v) is 3.48. The zero-order valence-electron chi connectivity index (χ0n) is 14.2. The second-order valence-corrected chi connectivity index (χ2v) is 7.24. The van der Waals surface area contributed by atoms with E-state index in [0.717, 1.165) is 25.1 Å². The van der Waals surface area contributed by atoms with Crippen LogP contribution in [0.3, 0.4) is 0 Å². The van der Waals surface area contributed by atoms with Gasteiger partial charge in [0, 0.05) is 29.9 Å². The largest absolute Gasteiger partial charge is 0.494 e. The highest BCUT2D eigenvalue weighted by Gasteiger charge is 2.56. The first kappa shape index (κ1) is 17.8. The van der Waals surface area contributed by atoms with Crippen molar-refractivity contribution in [3.8, 4) is 5.75 Å². The van der Waals surface area contributed by atoms with Crippen molar-refractivity contribution in [3.63, 3.8) is 0 Å². The SMILES string of the molecule is C=CC(=O)NC1CN(C(=O)CCCOc2ccc(Cl)cc2)CC12CC2. The average molecular weight is 363 g/mol. The van der Waals surface area contributed by atoms with E-state index < -0.39 is 0 Å². The third-order valence-corrected chi connectivity index (χ3v) is 5.26. The van der Waals surface area contributed by atoms with Gasteiger partial charge in [0.2, 0.25) is 11.8 Å². The summed E-state index contributed by atoms with van der Waals surface area (Å²) in [5.41, 5.74) is 0.0914. The molecule has 1 atom stereocenters. The number of hydrogen-bond donors (Lipinski definition) is 1. The van der Waals surface area contributed by atoms with E-state index in [0.29, 0.717) is 31.0 Å². The van der Waals surface area contributed by atoms with Gasteiger partial charge in [0.1, 0.15) is 5.75 Å². The molecule has 1 aliphatic heterocycles. The Morgan fingerprint density at radius 1 is 1.36 bits per heavy atom. The van der Waals surface area contributed by atoms with Crippen molar-refractivity contribution < 1.29 is 14.3 Å². The molecule has 1 saturated carbocycles. The standard InChI is InChI=1S/C19H23ClN2O3/c1-2-17(23)21-16-12-22(13-19(16)9-10-19)18(24)4-3-11-25-15-7-5-14(20)6-8-15/h2,5-8,16H,1,3-4,9-13H2,(H,21,23). The Labute approximate surface area is 153 Å². The number of benzene rings is 1. The van der Waals surface area contributed by atoms with Gasteiger partial charge >= 0.3 is 0 Å². The van der Waals surface area contributed by atoms with Crippen LogP contribution in [-0.2, 0) is 9.59 Å². The van der Waals surface area contributed by atoms with Crippen LogP contribution < -0.4 is 10.1 Å². The topological polar surface area (TPSA) is 58.6 Å². The third kappa shape index (κ3) is 4.34. The molecule has 1 aromatic rings. The molecular formula is C19H23ClN2O3. The van der Waals surface area contributed by atoms with Crippen LogP contribution in [-0.4, -0.2) is 42.5 Å². The van der Waals surface area contributed by atoms with Crippen molar-refractivity contribution in [3.05, 3.63) is 41.9 Å². The Balaban J connectivity index is 1.42. The van der Waals surface area contributed by atoms with Gasteiger partial charge in [-0.3, -0.25) is 9.59 Å². The zero-order valence-corrected chi connectivity index (χ0v) is 14.9. The molecule has 1 heterocycles. The molecule has 2 amide bonds. The molecule has 1 unspecified atom stereocenters. The molecule has 2 fully saturated rings. The van der Waals surface area contributed by atoms with E-state index in [4.69, 9.17) is 16.3 Å². The molecule has 2 aliphatic rings. The van der Waals surface area contributed by atoms with Crippen LogP contribution in [0.1, 0.15) is 25.7 Å². The summed E-state index contributed by atoms with van der Waals surface area (Å²) < 4.78 is 5.62. The Kier molecular flexibility index (Phi) is 5.33. The molecule has 5 nitrogen and oxygen atoms in total. The Hall–Kier alpha value is -2.01. The molecule has 1 aromatic carbocycles. The monoisotopic (exact) mass is 362 g/mol. The molecular weight excluding hydrogens is 340 g/mol. The van der Waals surface area contributed by atoms with Gasteiger partial charge in [0.05, 0.1) is 12.6 Å². The van der Waals surface area contributed by atoms with Crippen LogP contribution in [0.4, 0.5) is 0 Å². The fraction of sp³-hybridized carbons (Fsp3) is 0.474. The second kappa shape index (κ2) is 7.48. The van der Waals surface area contributed by atoms with Gasteiger partial charge in [-0.25, -0.2) is 0 Å². The number of nitrogens with one attached hydrogen (secondary N) is 1. The number of ether oxygens (including phenoxy) is 1. The number of amides is 2. The normalized spacial score (nSPS) is 20.4. The predicted octanol–water partition coefficient (Wildman–Crippen LogP) is 2.79. The molecule has 3 rings (SSSR count). The van der Waals surface area contributed by atoms with E-state index in [-0.39, 0.29) is 23.3 Å². The average Bonchev–Trinajstić information content (AvgIpc) is 3.30. The minimum Gasteiger partial charge on any atom is -0.494 e. The van der Waals surface area contributed by atoms with Crippen molar-refractivity contribution in [2.75, 3.05) is 19.7 Å². The molecule has 134 valence electrons. The number of halogens is 1. The molecule has 25 heavy (non-hydrogen) atoms. The van der Waals surface area contributed by atoms with Gasteiger partial charge < -0.3 is 15.0 Å². The van der Waals surface area contributed by atoms with Gasteiger partial charge in [0.15, 0.2) is 0 Å². The van der Waals surface area contributed by atoms with E-state index in [9.17, 15) is 9.59 Å². The van der Waals surface area contributed by atoms with Gasteiger partial charge in [0.25, 0.3) is 0 Å². The van der Waals surface area contributed by atoms with Crippen LogP contribution in [0.25, 0.3) is 0 Å². The highest BCUT2D eigenvalue weighted by Crippen LogP contribution is 2.52. The highest BCUT2D eigenvalue weighted by molar-refractivity contribution is 6.30. The zero-order chi connectivity index (χ0) is 17.9. The van der Waals surface area contributed by atoms with Crippen molar-refractivity contribution in [1.29, 1.82) is 0 Å². The first-order chi connectivity index (χ1) is 12.0. The van der Waals surface area contributed by atoms with E-state index in [1.54, 1.807) is 12.1 Å². The maximum Gasteiger partial charge on any atom is 0.243 e. The summed E-state index contributed by atoms with van der Waals surface area (Å²) in [5.74, 6) is 0.713. The van der Waals surface area contributed by atoms with Crippen LogP contribution in [0.5, 0.6) is 5.75 Å². The quantitative estimate of drug-likeness (QED) is 0.599. The van der Waals surface area contributed by atoms with Gasteiger partial charge in [-0.15, -0.1) is 0 Å². The van der Waals surface area contributed by atoms with Crippen molar-refractivity contribution in [2.24, 2.45) is 5.41 Å². The number of likely N-dealkylation sites (tertiary alicyclic amines) is 1. The van der Waals surface area contributed by atoms with Crippen LogP contribution in [0, 0.1) is 5.41 Å².